The average Bonchev–Trinajstić information content (AvgIpc) is 3.21. The van der Waals surface area contributed by atoms with Gasteiger partial charge in [0.05, 0.1) is 10.8 Å². The number of nitrogens with zero attached hydrogens (tertiary/aromatic N) is 3. The van der Waals surface area contributed by atoms with E-state index in [4.69, 9.17) is 4.42 Å². The van der Waals surface area contributed by atoms with E-state index in [1.807, 2.05) is 19.9 Å². The lowest BCUT2D eigenvalue weighted by molar-refractivity contribution is 0.273. The van der Waals surface area contributed by atoms with Gasteiger partial charge in [-0.3, -0.25) is 0 Å². The molecule has 0 radical (unpaired) electrons. The van der Waals surface area contributed by atoms with E-state index in [2.05, 4.69) is 10.2 Å². The molecule has 6 nitrogen and oxygen atoms in total. The molecular formula is C21H29N3O3S. The Bertz CT molecular complexity index is 932. The highest BCUT2D eigenvalue weighted by Crippen LogP contribution is 2.35. The molecule has 2 heterocycles. The van der Waals surface area contributed by atoms with E-state index < -0.39 is 10.0 Å². The quantitative estimate of drug-likeness (QED) is 0.761. The van der Waals surface area contributed by atoms with Crippen molar-refractivity contribution in [1.82, 2.24) is 14.5 Å². The van der Waals surface area contributed by atoms with Gasteiger partial charge in [-0.15, -0.1) is 10.2 Å². The van der Waals surface area contributed by atoms with E-state index in [-0.39, 0.29) is 5.92 Å². The van der Waals surface area contributed by atoms with Crippen LogP contribution >= 0.6 is 0 Å². The zero-order chi connectivity index (χ0) is 19.7. The monoisotopic (exact) mass is 403 g/mol. The van der Waals surface area contributed by atoms with E-state index in [1.165, 1.54) is 19.3 Å². The number of aromatic nitrogens is 2. The summed E-state index contributed by atoms with van der Waals surface area (Å²) in [5.41, 5.74) is 2.08. The van der Waals surface area contributed by atoms with Gasteiger partial charge in [0.1, 0.15) is 0 Å². The van der Waals surface area contributed by atoms with Gasteiger partial charge in [0, 0.05) is 19.0 Å². The zero-order valence-corrected chi connectivity index (χ0v) is 17.5. The SMILES string of the molecule is Cc1ccc(S(=O)(=O)N2CCCC(c3nnc(C4CCCCC4)o3)C2)cc1C. The van der Waals surface area contributed by atoms with Crippen LogP contribution in [0.5, 0.6) is 0 Å². The Labute approximate surface area is 167 Å². The molecule has 2 aromatic rings. The standard InChI is InChI=1S/C21H29N3O3S/c1-15-10-11-19(13-16(15)2)28(25,26)24-12-6-9-18(14-24)21-23-22-20(27-21)17-7-4-3-5-8-17/h10-11,13,17-18H,3-9,12,14H2,1-2H3. The van der Waals surface area contributed by atoms with Crippen molar-refractivity contribution in [2.24, 2.45) is 0 Å². The molecule has 4 rings (SSSR count). The molecule has 0 bridgehead atoms. The minimum absolute atomic E-state index is 0.0279. The highest BCUT2D eigenvalue weighted by atomic mass is 32.2. The molecule has 1 saturated heterocycles. The minimum atomic E-state index is -3.51. The van der Waals surface area contributed by atoms with Gasteiger partial charge in [0.2, 0.25) is 21.8 Å². The summed E-state index contributed by atoms with van der Waals surface area (Å²) in [6, 6.07) is 5.34. The fourth-order valence-corrected chi connectivity index (χ4v) is 5.92. The number of aryl methyl sites for hydroxylation is 2. The molecular weight excluding hydrogens is 374 g/mol. The second-order valence-electron chi connectivity index (χ2n) is 8.26. The van der Waals surface area contributed by atoms with E-state index in [1.54, 1.807) is 16.4 Å². The summed E-state index contributed by atoms with van der Waals surface area (Å²) in [6.45, 7) is 4.87. The van der Waals surface area contributed by atoms with Crippen LogP contribution in [0.25, 0.3) is 0 Å². The summed E-state index contributed by atoms with van der Waals surface area (Å²) < 4.78 is 33.9. The first-order chi connectivity index (χ1) is 13.4. The maximum atomic E-state index is 13.1. The fraction of sp³-hybridized carbons (Fsp3) is 0.619. The Kier molecular flexibility index (Phi) is 5.56. The van der Waals surface area contributed by atoms with Crippen LogP contribution < -0.4 is 0 Å². The van der Waals surface area contributed by atoms with Crippen LogP contribution in [-0.4, -0.2) is 36.0 Å². The molecule has 1 aromatic heterocycles. The number of rotatable bonds is 4. The molecule has 1 aliphatic heterocycles. The number of piperidine rings is 1. The predicted octanol–water partition coefficient (Wildman–Crippen LogP) is 4.30. The van der Waals surface area contributed by atoms with Crippen LogP contribution in [0.15, 0.2) is 27.5 Å². The van der Waals surface area contributed by atoms with Crippen molar-refractivity contribution in [1.29, 1.82) is 0 Å². The second kappa shape index (κ2) is 7.95. The first kappa shape index (κ1) is 19.6. The summed E-state index contributed by atoms with van der Waals surface area (Å²) in [7, 11) is -3.51. The summed E-state index contributed by atoms with van der Waals surface area (Å²) in [5.74, 6) is 1.68. The van der Waals surface area contributed by atoms with Crippen molar-refractivity contribution >= 4 is 10.0 Å². The summed E-state index contributed by atoms with van der Waals surface area (Å²) in [4.78, 5) is 0.365. The molecule has 1 atom stereocenters. The van der Waals surface area contributed by atoms with Crippen molar-refractivity contribution in [2.75, 3.05) is 13.1 Å². The molecule has 152 valence electrons. The largest absolute Gasteiger partial charge is 0.425 e. The molecule has 7 heteroatoms. The molecule has 1 unspecified atom stereocenters. The van der Waals surface area contributed by atoms with Gasteiger partial charge in [0.15, 0.2) is 0 Å². The third kappa shape index (κ3) is 3.87. The Hall–Kier alpha value is -1.73. The number of sulfonamides is 1. The Balaban J connectivity index is 1.51. The van der Waals surface area contributed by atoms with Gasteiger partial charge in [-0.05, 0) is 62.8 Å². The van der Waals surface area contributed by atoms with Crippen LogP contribution in [0.1, 0.15) is 79.7 Å². The van der Waals surface area contributed by atoms with Crippen molar-refractivity contribution in [3.8, 4) is 0 Å². The summed E-state index contributed by atoms with van der Waals surface area (Å²) in [5, 5.41) is 8.59. The maximum Gasteiger partial charge on any atom is 0.243 e. The Morgan fingerprint density at radius 2 is 1.61 bits per heavy atom. The van der Waals surface area contributed by atoms with Crippen LogP contribution in [-0.2, 0) is 10.0 Å². The molecule has 0 amide bonds. The second-order valence-corrected chi connectivity index (χ2v) is 10.2. The molecule has 1 aliphatic carbocycles. The fourth-order valence-electron chi connectivity index (χ4n) is 4.31. The van der Waals surface area contributed by atoms with Gasteiger partial charge in [-0.25, -0.2) is 8.42 Å². The van der Waals surface area contributed by atoms with Crippen molar-refractivity contribution in [2.45, 2.75) is 75.5 Å². The lowest BCUT2D eigenvalue weighted by atomic mass is 9.89. The zero-order valence-electron chi connectivity index (χ0n) is 16.7. The van der Waals surface area contributed by atoms with Crippen LogP contribution in [0.3, 0.4) is 0 Å². The smallest absolute Gasteiger partial charge is 0.243 e. The van der Waals surface area contributed by atoms with Gasteiger partial charge in [-0.1, -0.05) is 25.3 Å². The van der Waals surface area contributed by atoms with Crippen molar-refractivity contribution < 1.29 is 12.8 Å². The lowest BCUT2D eigenvalue weighted by Gasteiger charge is -2.30. The summed E-state index contributed by atoms with van der Waals surface area (Å²) >= 11 is 0. The third-order valence-corrected chi connectivity index (χ3v) is 8.12. The van der Waals surface area contributed by atoms with Crippen molar-refractivity contribution in [3.63, 3.8) is 0 Å². The molecule has 2 fully saturated rings. The first-order valence-corrected chi connectivity index (χ1v) is 11.8. The topological polar surface area (TPSA) is 76.3 Å². The molecule has 1 saturated carbocycles. The maximum absolute atomic E-state index is 13.1. The van der Waals surface area contributed by atoms with E-state index in [0.29, 0.717) is 29.8 Å². The molecule has 2 aliphatic rings. The minimum Gasteiger partial charge on any atom is -0.425 e. The molecule has 0 N–H and O–H groups in total. The highest BCUT2D eigenvalue weighted by molar-refractivity contribution is 7.89. The van der Waals surface area contributed by atoms with E-state index >= 15 is 0 Å². The van der Waals surface area contributed by atoms with Crippen molar-refractivity contribution in [3.05, 3.63) is 41.1 Å². The normalized spacial score (nSPS) is 22.4. The molecule has 0 spiro atoms. The Morgan fingerprint density at radius 3 is 2.32 bits per heavy atom. The van der Waals surface area contributed by atoms with E-state index in [9.17, 15) is 8.42 Å². The van der Waals surface area contributed by atoms with E-state index in [0.717, 1.165) is 42.7 Å². The summed E-state index contributed by atoms with van der Waals surface area (Å²) in [6.07, 6.45) is 7.62. The highest BCUT2D eigenvalue weighted by Gasteiger charge is 2.34. The average molecular weight is 404 g/mol. The van der Waals surface area contributed by atoms with Crippen LogP contribution in [0.2, 0.25) is 0 Å². The number of hydrogen-bond acceptors (Lipinski definition) is 5. The molecule has 28 heavy (non-hydrogen) atoms. The number of hydrogen-bond donors (Lipinski definition) is 0. The van der Waals surface area contributed by atoms with Crippen LogP contribution in [0.4, 0.5) is 0 Å². The van der Waals surface area contributed by atoms with Gasteiger partial charge in [0.25, 0.3) is 0 Å². The Morgan fingerprint density at radius 1 is 0.929 bits per heavy atom. The predicted molar refractivity (Wildman–Crippen MR) is 107 cm³/mol. The van der Waals surface area contributed by atoms with Gasteiger partial charge >= 0.3 is 0 Å². The first-order valence-electron chi connectivity index (χ1n) is 10.4. The molecule has 1 aromatic carbocycles. The van der Waals surface area contributed by atoms with Gasteiger partial charge < -0.3 is 4.42 Å². The number of benzene rings is 1. The third-order valence-electron chi connectivity index (χ3n) is 6.26. The lowest BCUT2D eigenvalue weighted by Crippen LogP contribution is -2.39. The van der Waals surface area contributed by atoms with Gasteiger partial charge in [-0.2, -0.15) is 4.31 Å². The van der Waals surface area contributed by atoms with Crippen LogP contribution in [0, 0.1) is 13.8 Å².